The largest absolute Gasteiger partial charge is 0.383 e. The number of aliphatic imine (C=N–C) groups is 1. The van der Waals surface area contributed by atoms with E-state index in [4.69, 9.17) is 10.5 Å². The van der Waals surface area contributed by atoms with E-state index in [-0.39, 0.29) is 6.04 Å². The molecule has 2 N–H and O–H groups in total. The third-order valence-corrected chi connectivity index (χ3v) is 3.64. The number of nitrogens with zero attached hydrogens (tertiary/aromatic N) is 3. The molecule has 5 heteroatoms. The van der Waals surface area contributed by atoms with Crippen LogP contribution in [-0.4, -0.2) is 42.6 Å². The topological polar surface area (TPSA) is 63.7 Å². The average molecular weight is 270 g/mol. The van der Waals surface area contributed by atoms with Crippen molar-refractivity contribution in [2.75, 3.05) is 26.8 Å². The van der Waals surface area contributed by atoms with Crippen molar-refractivity contribution >= 4 is 16.9 Å². The molecule has 0 amide bonds. The molecule has 5 nitrogen and oxygen atoms in total. The van der Waals surface area contributed by atoms with Gasteiger partial charge in [0.1, 0.15) is 0 Å². The summed E-state index contributed by atoms with van der Waals surface area (Å²) in [5.41, 5.74) is 8.19. The number of hydrogen-bond donors (Lipinski definition) is 1. The fourth-order valence-electron chi connectivity index (χ4n) is 2.58. The normalized spacial score (nSPS) is 18.6. The lowest BCUT2D eigenvalue weighted by Gasteiger charge is -2.26. The van der Waals surface area contributed by atoms with Crippen LogP contribution in [0.4, 0.5) is 0 Å². The molecule has 1 atom stereocenters. The molecular weight excluding hydrogens is 252 g/mol. The molecule has 0 saturated carbocycles. The van der Waals surface area contributed by atoms with Gasteiger partial charge in [-0.05, 0) is 23.8 Å². The fraction of sp³-hybridized carbons (Fsp3) is 0.333. The third-order valence-electron chi connectivity index (χ3n) is 3.64. The van der Waals surface area contributed by atoms with Gasteiger partial charge in [-0.3, -0.25) is 9.98 Å². The number of methoxy groups -OCH3 is 1. The lowest BCUT2D eigenvalue weighted by atomic mass is 10.0. The predicted molar refractivity (Wildman–Crippen MR) is 79.6 cm³/mol. The number of nitrogens with two attached hydrogens (primary N) is 1. The Labute approximate surface area is 118 Å². The fourth-order valence-corrected chi connectivity index (χ4v) is 2.58. The van der Waals surface area contributed by atoms with Crippen LogP contribution in [0.5, 0.6) is 0 Å². The second kappa shape index (κ2) is 5.46. The van der Waals surface area contributed by atoms with Crippen molar-refractivity contribution < 1.29 is 4.74 Å². The van der Waals surface area contributed by atoms with Gasteiger partial charge in [-0.25, -0.2) is 0 Å². The van der Waals surface area contributed by atoms with Crippen LogP contribution in [-0.2, 0) is 4.74 Å². The first-order valence-electron chi connectivity index (χ1n) is 6.70. The molecule has 20 heavy (non-hydrogen) atoms. The van der Waals surface area contributed by atoms with Gasteiger partial charge in [0.05, 0.1) is 24.7 Å². The van der Waals surface area contributed by atoms with Gasteiger partial charge < -0.3 is 15.4 Å². The van der Waals surface area contributed by atoms with Crippen molar-refractivity contribution in [1.82, 2.24) is 9.88 Å². The van der Waals surface area contributed by atoms with Gasteiger partial charge in [-0.15, -0.1) is 0 Å². The minimum absolute atomic E-state index is 0.190. The van der Waals surface area contributed by atoms with Gasteiger partial charge in [0.2, 0.25) is 0 Å². The Morgan fingerprint density at radius 2 is 2.30 bits per heavy atom. The van der Waals surface area contributed by atoms with Crippen LogP contribution in [0.1, 0.15) is 11.6 Å². The van der Waals surface area contributed by atoms with Crippen LogP contribution in [0.15, 0.2) is 41.5 Å². The first-order chi connectivity index (χ1) is 9.79. The highest BCUT2D eigenvalue weighted by atomic mass is 16.5. The van der Waals surface area contributed by atoms with Gasteiger partial charge in [-0.1, -0.05) is 12.1 Å². The maximum absolute atomic E-state index is 5.97. The van der Waals surface area contributed by atoms with E-state index < -0.39 is 0 Å². The molecular formula is C15H18N4O. The van der Waals surface area contributed by atoms with Crippen LogP contribution in [0.2, 0.25) is 0 Å². The summed E-state index contributed by atoms with van der Waals surface area (Å²) in [4.78, 5) is 10.8. The Bertz CT molecular complexity index is 641. The van der Waals surface area contributed by atoms with E-state index in [0.717, 1.165) is 17.4 Å². The Balaban J connectivity index is 1.89. The second-order valence-corrected chi connectivity index (χ2v) is 4.86. The quantitative estimate of drug-likeness (QED) is 0.915. The van der Waals surface area contributed by atoms with Gasteiger partial charge in [0.25, 0.3) is 0 Å². The highest BCUT2D eigenvalue weighted by molar-refractivity contribution is 5.82. The zero-order chi connectivity index (χ0) is 13.9. The summed E-state index contributed by atoms with van der Waals surface area (Å²) in [5, 5.41) is 1.14. The van der Waals surface area contributed by atoms with Gasteiger partial charge >= 0.3 is 0 Å². The second-order valence-electron chi connectivity index (χ2n) is 4.86. The number of aromatic nitrogens is 1. The number of benzene rings is 1. The minimum Gasteiger partial charge on any atom is -0.383 e. The molecule has 1 aromatic heterocycles. The highest BCUT2D eigenvalue weighted by Gasteiger charge is 2.27. The van der Waals surface area contributed by atoms with Crippen LogP contribution in [0.3, 0.4) is 0 Å². The number of rotatable bonds is 4. The molecule has 1 aliphatic heterocycles. The van der Waals surface area contributed by atoms with E-state index in [9.17, 15) is 0 Å². The van der Waals surface area contributed by atoms with Crippen LogP contribution >= 0.6 is 0 Å². The van der Waals surface area contributed by atoms with E-state index >= 15 is 0 Å². The summed E-state index contributed by atoms with van der Waals surface area (Å²) in [5.74, 6) is 0.596. The van der Waals surface area contributed by atoms with Crippen molar-refractivity contribution in [3.8, 4) is 0 Å². The van der Waals surface area contributed by atoms with Crippen molar-refractivity contribution in [3.63, 3.8) is 0 Å². The van der Waals surface area contributed by atoms with Gasteiger partial charge in [-0.2, -0.15) is 0 Å². The van der Waals surface area contributed by atoms with E-state index in [1.807, 2.05) is 18.3 Å². The number of fused-ring (bicyclic) bond motifs is 1. The lowest BCUT2D eigenvalue weighted by molar-refractivity contribution is 0.166. The number of hydrogen-bond acceptors (Lipinski definition) is 5. The average Bonchev–Trinajstić information content (AvgIpc) is 2.85. The molecule has 1 aromatic carbocycles. The first kappa shape index (κ1) is 12.9. The summed E-state index contributed by atoms with van der Waals surface area (Å²) in [6.07, 6.45) is 1.81. The number of pyridine rings is 1. The summed E-state index contributed by atoms with van der Waals surface area (Å²) in [6, 6.07) is 10.5. The van der Waals surface area contributed by atoms with Gasteiger partial charge in [0, 0.05) is 25.2 Å². The summed E-state index contributed by atoms with van der Waals surface area (Å²) in [7, 11) is 1.69. The maximum atomic E-state index is 5.97. The maximum Gasteiger partial charge on any atom is 0.192 e. The minimum atomic E-state index is 0.190. The third kappa shape index (κ3) is 2.32. The van der Waals surface area contributed by atoms with Crippen molar-refractivity contribution in [2.24, 2.45) is 10.7 Å². The standard InChI is InChI=1S/C15H18N4O/c1-20-8-7-19-14(10-18-15(19)16)12-4-5-13-11(9-12)3-2-6-17-13/h2-6,9,14H,7-8,10H2,1H3,(H2,16,18). The molecule has 104 valence electrons. The Hall–Kier alpha value is -2.14. The van der Waals surface area contributed by atoms with Gasteiger partial charge in [0.15, 0.2) is 5.96 Å². The van der Waals surface area contributed by atoms with E-state index in [2.05, 4.69) is 33.1 Å². The van der Waals surface area contributed by atoms with Crippen molar-refractivity contribution in [1.29, 1.82) is 0 Å². The molecule has 0 aliphatic carbocycles. The molecule has 2 heterocycles. The SMILES string of the molecule is COCCN1C(N)=NCC1c1ccc2ncccc2c1. The molecule has 0 fully saturated rings. The van der Waals surface area contributed by atoms with Crippen LogP contribution in [0, 0.1) is 0 Å². The highest BCUT2D eigenvalue weighted by Crippen LogP contribution is 2.27. The lowest BCUT2D eigenvalue weighted by Crippen LogP contribution is -2.38. The van der Waals surface area contributed by atoms with E-state index in [0.29, 0.717) is 19.1 Å². The van der Waals surface area contributed by atoms with E-state index in [1.165, 1.54) is 5.56 Å². The van der Waals surface area contributed by atoms with E-state index in [1.54, 1.807) is 7.11 Å². The predicted octanol–water partition coefficient (Wildman–Crippen LogP) is 1.55. The Morgan fingerprint density at radius 3 is 3.15 bits per heavy atom. The van der Waals surface area contributed by atoms with Crippen molar-refractivity contribution in [2.45, 2.75) is 6.04 Å². The molecule has 0 saturated heterocycles. The van der Waals surface area contributed by atoms with Crippen LogP contribution < -0.4 is 5.73 Å². The molecule has 1 aliphatic rings. The summed E-state index contributed by atoms with van der Waals surface area (Å²) in [6.45, 7) is 2.09. The Kier molecular flexibility index (Phi) is 3.52. The monoisotopic (exact) mass is 270 g/mol. The smallest absolute Gasteiger partial charge is 0.192 e. The van der Waals surface area contributed by atoms with Crippen LogP contribution in [0.25, 0.3) is 10.9 Å². The van der Waals surface area contributed by atoms with Crippen molar-refractivity contribution in [3.05, 3.63) is 42.1 Å². The zero-order valence-corrected chi connectivity index (χ0v) is 11.5. The molecule has 0 radical (unpaired) electrons. The first-order valence-corrected chi connectivity index (χ1v) is 6.70. The summed E-state index contributed by atoms with van der Waals surface area (Å²) >= 11 is 0. The zero-order valence-electron chi connectivity index (χ0n) is 11.5. The number of guanidine groups is 1. The number of ether oxygens (including phenoxy) is 1. The summed E-state index contributed by atoms with van der Waals surface area (Å²) < 4.78 is 5.14. The molecule has 3 rings (SSSR count). The molecule has 0 spiro atoms. The molecule has 1 unspecified atom stereocenters. The molecule has 0 bridgehead atoms. The Morgan fingerprint density at radius 1 is 1.40 bits per heavy atom. The molecule has 2 aromatic rings.